The van der Waals surface area contributed by atoms with E-state index in [9.17, 15) is 19.1 Å². The van der Waals surface area contributed by atoms with E-state index >= 15 is 0 Å². The van der Waals surface area contributed by atoms with Gasteiger partial charge in [0.1, 0.15) is 23.6 Å². The highest BCUT2D eigenvalue weighted by Crippen LogP contribution is 2.36. The van der Waals surface area contributed by atoms with Crippen LogP contribution < -0.4 is 0 Å². The maximum absolute atomic E-state index is 14.4. The molecule has 1 aromatic rings. The van der Waals surface area contributed by atoms with Crippen LogP contribution >= 0.6 is 0 Å². The van der Waals surface area contributed by atoms with Gasteiger partial charge in [-0.1, -0.05) is 32.9 Å². The van der Waals surface area contributed by atoms with Gasteiger partial charge in [-0.25, -0.2) is 9.18 Å². The van der Waals surface area contributed by atoms with E-state index in [1.807, 2.05) is 20.8 Å². The molecule has 1 N–H and O–H groups in total. The highest BCUT2D eigenvalue weighted by molar-refractivity contribution is 5.84. The summed E-state index contributed by atoms with van der Waals surface area (Å²) in [6.45, 7) is 10.7. The number of halogens is 1. The van der Waals surface area contributed by atoms with Crippen molar-refractivity contribution in [3.05, 3.63) is 35.1 Å². The van der Waals surface area contributed by atoms with Crippen LogP contribution in [0.25, 0.3) is 0 Å². The van der Waals surface area contributed by atoms with Crippen molar-refractivity contribution < 1.29 is 28.7 Å². The molecule has 1 amide bonds. The van der Waals surface area contributed by atoms with Crippen molar-refractivity contribution in [3.63, 3.8) is 0 Å². The number of ether oxygens (including phenoxy) is 1. The second kappa shape index (κ2) is 8.28. The zero-order chi connectivity index (χ0) is 22.1. The summed E-state index contributed by atoms with van der Waals surface area (Å²) in [5.74, 6) is -0.781. The summed E-state index contributed by atoms with van der Waals surface area (Å²) < 4.78 is 19.6. The number of likely N-dealkylation sites (N-methyl/N-ethyl adjacent to an activating group) is 1. The first kappa shape index (κ1) is 23.1. The van der Waals surface area contributed by atoms with Crippen molar-refractivity contribution in [2.24, 2.45) is 5.41 Å². The van der Waals surface area contributed by atoms with Crippen LogP contribution in [0.15, 0.2) is 18.2 Å². The molecule has 162 valence electrons. The number of amides is 1. The molecular weight excluding hydrogens is 379 g/mol. The molecule has 2 unspecified atom stereocenters. The third-order valence-electron chi connectivity index (χ3n) is 4.60. The topological polar surface area (TPSA) is 79.3 Å². The van der Waals surface area contributed by atoms with E-state index in [0.29, 0.717) is 5.56 Å². The normalized spacial score (nSPS) is 20.9. The summed E-state index contributed by atoms with van der Waals surface area (Å²) in [5.41, 5.74) is -0.420. The molecule has 8 heteroatoms. The molecule has 0 radical (unpaired) electrons. The average Bonchev–Trinajstić information content (AvgIpc) is 2.79. The Bertz CT molecular complexity index is 769. The molecule has 1 fully saturated rings. The monoisotopic (exact) mass is 410 g/mol. The van der Waals surface area contributed by atoms with E-state index in [4.69, 9.17) is 9.57 Å². The number of aliphatic hydroxyl groups is 1. The molecular formula is C21H31FN2O5. The molecule has 0 aliphatic carbocycles. The molecule has 0 saturated carbocycles. The summed E-state index contributed by atoms with van der Waals surface area (Å²) in [6.07, 6.45) is -1.50. The van der Waals surface area contributed by atoms with E-state index < -0.39 is 35.2 Å². The second-order valence-corrected chi connectivity index (χ2v) is 9.41. The van der Waals surface area contributed by atoms with Crippen LogP contribution in [0.5, 0.6) is 0 Å². The number of hydroxylamine groups is 2. The number of hydrogen-bond donors (Lipinski definition) is 1. The van der Waals surface area contributed by atoms with Crippen molar-refractivity contribution in [2.45, 2.75) is 72.4 Å². The number of rotatable bonds is 4. The van der Waals surface area contributed by atoms with E-state index in [-0.39, 0.29) is 24.5 Å². The van der Waals surface area contributed by atoms with Crippen LogP contribution in [0, 0.1) is 11.2 Å². The van der Waals surface area contributed by atoms with Gasteiger partial charge in [0.25, 0.3) is 0 Å². The zero-order valence-corrected chi connectivity index (χ0v) is 18.2. The largest absolute Gasteiger partial charge is 0.528 e. The molecule has 0 spiro atoms. The summed E-state index contributed by atoms with van der Waals surface area (Å²) in [6, 6.07) is 3.33. The first-order valence-electron chi connectivity index (χ1n) is 9.58. The molecule has 0 aromatic heterocycles. The third-order valence-corrected chi connectivity index (χ3v) is 4.60. The van der Waals surface area contributed by atoms with Gasteiger partial charge < -0.3 is 19.6 Å². The van der Waals surface area contributed by atoms with Gasteiger partial charge in [0.2, 0.25) is 5.91 Å². The zero-order valence-electron chi connectivity index (χ0n) is 18.2. The molecule has 0 bridgehead atoms. The van der Waals surface area contributed by atoms with Crippen LogP contribution in [0.4, 0.5) is 9.18 Å². The third kappa shape index (κ3) is 5.45. The van der Waals surface area contributed by atoms with Crippen molar-refractivity contribution >= 4 is 12.1 Å². The number of nitrogens with zero attached hydrogens (tertiary/aromatic N) is 2. The van der Waals surface area contributed by atoms with Gasteiger partial charge in [-0.3, -0.25) is 4.79 Å². The van der Waals surface area contributed by atoms with E-state index in [0.717, 1.165) is 0 Å². The van der Waals surface area contributed by atoms with Gasteiger partial charge >= 0.3 is 6.16 Å². The van der Waals surface area contributed by atoms with Crippen molar-refractivity contribution in [1.29, 1.82) is 0 Å². The van der Waals surface area contributed by atoms with E-state index in [2.05, 4.69) is 0 Å². The van der Waals surface area contributed by atoms with Crippen molar-refractivity contribution in [1.82, 2.24) is 9.96 Å². The predicted octanol–water partition coefficient (Wildman–Crippen LogP) is 3.24. The number of hydrogen-bond acceptors (Lipinski definition) is 6. The minimum Gasteiger partial charge on any atom is -0.427 e. The minimum absolute atomic E-state index is 0.0157. The Morgan fingerprint density at radius 2 is 1.83 bits per heavy atom. The van der Waals surface area contributed by atoms with Crippen molar-refractivity contribution in [3.8, 4) is 0 Å². The standard InChI is InChI=1S/C21H31FN2O5/c1-20(2,3)18-23(7)17(26)16(24(18)29-19(27)28-21(4,5)6)11-14-10-13(12-25)8-9-15(14)22/h8-10,16,18,25H,11-12H2,1-7H3. The van der Waals surface area contributed by atoms with Crippen LogP contribution in [0.3, 0.4) is 0 Å². The second-order valence-electron chi connectivity index (χ2n) is 9.41. The smallest absolute Gasteiger partial charge is 0.427 e. The molecule has 1 aliphatic heterocycles. The Labute approximate surface area is 171 Å². The van der Waals surface area contributed by atoms with Crippen LogP contribution in [0.2, 0.25) is 0 Å². The molecule has 2 atom stereocenters. The summed E-state index contributed by atoms with van der Waals surface area (Å²) in [7, 11) is 1.63. The predicted molar refractivity (Wildman–Crippen MR) is 105 cm³/mol. The number of benzene rings is 1. The average molecular weight is 410 g/mol. The van der Waals surface area contributed by atoms with Gasteiger partial charge in [-0.2, -0.15) is 0 Å². The maximum atomic E-state index is 14.4. The first-order valence-corrected chi connectivity index (χ1v) is 9.58. The highest BCUT2D eigenvalue weighted by Gasteiger charge is 2.52. The molecule has 1 saturated heterocycles. The summed E-state index contributed by atoms with van der Waals surface area (Å²) in [4.78, 5) is 32.3. The fraction of sp³-hybridized carbons (Fsp3) is 0.619. The maximum Gasteiger partial charge on any atom is 0.528 e. The fourth-order valence-corrected chi connectivity index (χ4v) is 3.50. The highest BCUT2D eigenvalue weighted by atomic mass is 19.1. The lowest BCUT2D eigenvalue weighted by molar-refractivity contribution is -0.200. The molecule has 1 aliphatic rings. The Morgan fingerprint density at radius 1 is 1.21 bits per heavy atom. The lowest BCUT2D eigenvalue weighted by atomic mass is 9.92. The van der Waals surface area contributed by atoms with Gasteiger partial charge in [0, 0.05) is 13.5 Å². The van der Waals surface area contributed by atoms with Crippen molar-refractivity contribution in [2.75, 3.05) is 7.05 Å². The Balaban J connectivity index is 2.38. The van der Waals surface area contributed by atoms with Gasteiger partial charge in [-0.05, 0) is 43.4 Å². The summed E-state index contributed by atoms with van der Waals surface area (Å²) in [5, 5.41) is 10.6. The van der Waals surface area contributed by atoms with Gasteiger partial charge in [-0.15, -0.1) is 5.06 Å². The first-order chi connectivity index (χ1) is 13.2. The Kier molecular flexibility index (Phi) is 6.59. The SMILES string of the molecule is CN1C(=O)C(Cc2cc(CO)ccc2F)N(OC(=O)OC(C)(C)C)C1C(C)(C)C. The van der Waals surface area contributed by atoms with Gasteiger partial charge in [0.05, 0.1) is 6.61 Å². The quantitative estimate of drug-likeness (QED) is 0.768. The molecule has 2 rings (SSSR count). The Hall–Kier alpha value is -2.19. The molecule has 1 heterocycles. The van der Waals surface area contributed by atoms with Gasteiger partial charge in [0.15, 0.2) is 0 Å². The molecule has 7 nitrogen and oxygen atoms in total. The number of carbonyl (C=O) groups is 2. The number of carbonyl (C=O) groups excluding carboxylic acids is 2. The fourth-order valence-electron chi connectivity index (χ4n) is 3.50. The molecule has 1 aromatic carbocycles. The molecule has 29 heavy (non-hydrogen) atoms. The van der Waals surface area contributed by atoms with Crippen LogP contribution in [-0.4, -0.2) is 52.0 Å². The van der Waals surface area contributed by atoms with Crippen LogP contribution in [0.1, 0.15) is 52.7 Å². The Morgan fingerprint density at radius 3 is 2.34 bits per heavy atom. The van der Waals surface area contributed by atoms with E-state index in [1.165, 1.54) is 28.2 Å². The summed E-state index contributed by atoms with van der Waals surface area (Å²) >= 11 is 0. The number of aliphatic hydroxyl groups excluding tert-OH is 1. The minimum atomic E-state index is -0.926. The van der Waals surface area contributed by atoms with E-state index in [1.54, 1.807) is 27.8 Å². The lowest BCUT2D eigenvalue weighted by Crippen LogP contribution is -2.49. The lowest BCUT2D eigenvalue weighted by Gasteiger charge is -2.37. The van der Waals surface area contributed by atoms with Crippen LogP contribution in [-0.2, 0) is 27.4 Å².